The quantitative estimate of drug-likeness (QED) is 0.409. The molecule has 5 heteroatoms. The Morgan fingerprint density at radius 2 is 1.89 bits per heavy atom. The van der Waals surface area contributed by atoms with E-state index in [1.165, 1.54) is 7.11 Å². The number of methoxy groups -OCH3 is 1. The van der Waals surface area contributed by atoms with E-state index in [0.717, 1.165) is 10.0 Å². The Morgan fingerprint density at radius 3 is 2.26 bits per heavy atom. The molecule has 0 amide bonds. The summed E-state index contributed by atoms with van der Waals surface area (Å²) in [6.45, 7) is 12.9. The number of rotatable bonds is 3. The monoisotopic (exact) mass is 396 g/mol. The van der Waals surface area contributed by atoms with Gasteiger partial charge in [0.2, 0.25) is 0 Å². The maximum atomic E-state index is 12.0. The maximum absolute atomic E-state index is 12.0. The fourth-order valence-electron chi connectivity index (χ4n) is 2.78. The summed E-state index contributed by atoms with van der Waals surface area (Å²) in [6, 6.07) is 0. The Bertz CT molecular complexity index is 398. The minimum Gasteiger partial charge on any atom is -0.468 e. The first-order valence-corrected chi connectivity index (χ1v) is 11.0. The predicted octanol–water partition coefficient (Wildman–Crippen LogP) is 4.13. The minimum absolute atomic E-state index is 0.0749. The number of carbonyl (C=O) groups excluding carboxylic acids is 1. The summed E-state index contributed by atoms with van der Waals surface area (Å²) in [6.07, 6.45) is 2.85. The highest BCUT2D eigenvalue weighted by Crippen LogP contribution is 2.49. The summed E-state index contributed by atoms with van der Waals surface area (Å²) in [4.78, 5) is 12.0. The molecule has 0 aliphatic heterocycles. The van der Waals surface area contributed by atoms with Crippen molar-refractivity contribution < 1.29 is 14.0 Å². The van der Waals surface area contributed by atoms with Gasteiger partial charge in [0.1, 0.15) is 0 Å². The van der Waals surface area contributed by atoms with Gasteiger partial charge in [0.15, 0.2) is 8.32 Å². The van der Waals surface area contributed by atoms with Gasteiger partial charge in [0, 0.05) is 3.58 Å². The van der Waals surface area contributed by atoms with Crippen molar-refractivity contribution in [3.8, 4) is 0 Å². The van der Waals surface area contributed by atoms with Crippen molar-refractivity contribution in [2.45, 2.75) is 52.9 Å². The van der Waals surface area contributed by atoms with Crippen LogP contribution < -0.4 is 0 Å². The first-order valence-electron chi connectivity index (χ1n) is 6.56. The van der Waals surface area contributed by atoms with E-state index >= 15 is 0 Å². The van der Waals surface area contributed by atoms with Crippen molar-refractivity contribution in [1.29, 1.82) is 0 Å². The second-order valence-electron chi connectivity index (χ2n) is 7.21. The summed E-state index contributed by atoms with van der Waals surface area (Å²) in [7, 11) is -0.169. The molecule has 0 saturated heterocycles. The molecule has 1 aliphatic rings. The van der Waals surface area contributed by atoms with Crippen molar-refractivity contribution in [2.24, 2.45) is 10.8 Å². The van der Waals surface area contributed by atoms with Gasteiger partial charge in [-0.05, 0) is 61.0 Å². The zero-order valence-corrected chi connectivity index (χ0v) is 16.1. The van der Waals surface area contributed by atoms with Crippen LogP contribution >= 0.6 is 22.6 Å². The summed E-state index contributed by atoms with van der Waals surface area (Å²) >= 11 is 2.31. The van der Waals surface area contributed by atoms with Crippen LogP contribution in [0.1, 0.15) is 27.2 Å². The molecule has 0 radical (unpaired) electrons. The number of hydrogen-bond acceptors (Lipinski definition) is 3. The SMILES string of the molecule is COC(=O)C1(C)C=C(I)C(O[Si](C)(C)C)C(C)(C)C1. The summed E-state index contributed by atoms with van der Waals surface area (Å²) in [5.41, 5.74) is -0.622. The normalized spacial score (nSPS) is 30.7. The lowest BCUT2D eigenvalue weighted by atomic mass is 9.67. The fraction of sp³-hybridized carbons (Fsp3) is 0.786. The largest absolute Gasteiger partial charge is 0.468 e. The second kappa shape index (κ2) is 5.48. The predicted molar refractivity (Wildman–Crippen MR) is 88.8 cm³/mol. The van der Waals surface area contributed by atoms with Gasteiger partial charge in [-0.15, -0.1) is 0 Å². The Labute approximate surface area is 131 Å². The lowest BCUT2D eigenvalue weighted by Gasteiger charge is -2.46. The van der Waals surface area contributed by atoms with Crippen LogP contribution in [0.15, 0.2) is 9.66 Å². The maximum Gasteiger partial charge on any atom is 0.315 e. The molecule has 0 saturated carbocycles. The van der Waals surface area contributed by atoms with E-state index in [0.29, 0.717) is 0 Å². The van der Waals surface area contributed by atoms with Crippen molar-refractivity contribution in [3.05, 3.63) is 9.66 Å². The molecule has 0 fully saturated rings. The second-order valence-corrected chi connectivity index (χ2v) is 12.9. The van der Waals surface area contributed by atoms with Crippen LogP contribution in [0, 0.1) is 10.8 Å². The van der Waals surface area contributed by atoms with E-state index in [4.69, 9.17) is 9.16 Å². The highest BCUT2D eigenvalue weighted by Gasteiger charge is 2.48. The van der Waals surface area contributed by atoms with E-state index in [9.17, 15) is 4.79 Å². The molecule has 0 N–H and O–H groups in total. The topological polar surface area (TPSA) is 35.5 Å². The zero-order chi connectivity index (χ0) is 15.1. The van der Waals surface area contributed by atoms with Crippen LogP contribution in [-0.4, -0.2) is 27.5 Å². The van der Waals surface area contributed by atoms with Crippen LogP contribution in [0.3, 0.4) is 0 Å². The molecule has 2 unspecified atom stereocenters. The Morgan fingerprint density at radius 1 is 1.37 bits per heavy atom. The fourth-order valence-corrected chi connectivity index (χ4v) is 5.83. The molecule has 0 heterocycles. The Balaban J connectivity index is 3.13. The van der Waals surface area contributed by atoms with Gasteiger partial charge in [-0.3, -0.25) is 4.79 Å². The van der Waals surface area contributed by atoms with Gasteiger partial charge in [-0.25, -0.2) is 0 Å². The molecule has 110 valence electrons. The lowest BCUT2D eigenvalue weighted by Crippen LogP contribution is -2.47. The van der Waals surface area contributed by atoms with E-state index in [1.54, 1.807) is 0 Å². The summed E-state index contributed by atoms with van der Waals surface area (Å²) < 4.78 is 12.4. The molecule has 0 aromatic rings. The standard InChI is InChI=1S/C14H25IO3Si/c1-13(2)9-14(3,12(16)17-4)8-10(15)11(13)18-19(5,6)7/h8,11H,9H2,1-7H3. The molecular weight excluding hydrogens is 371 g/mol. The van der Waals surface area contributed by atoms with Crippen molar-refractivity contribution in [1.82, 2.24) is 0 Å². The van der Waals surface area contributed by atoms with Crippen LogP contribution in [0.5, 0.6) is 0 Å². The Hall–Kier alpha value is 0.117. The molecule has 0 spiro atoms. The van der Waals surface area contributed by atoms with E-state index in [-0.39, 0.29) is 17.5 Å². The van der Waals surface area contributed by atoms with Gasteiger partial charge in [-0.2, -0.15) is 0 Å². The molecule has 1 rings (SSSR count). The van der Waals surface area contributed by atoms with E-state index < -0.39 is 13.7 Å². The molecule has 0 aromatic heterocycles. The average molecular weight is 396 g/mol. The molecule has 0 bridgehead atoms. The molecule has 3 nitrogen and oxygen atoms in total. The van der Waals surface area contributed by atoms with Gasteiger partial charge in [0.25, 0.3) is 0 Å². The van der Waals surface area contributed by atoms with Gasteiger partial charge in [-0.1, -0.05) is 19.9 Å². The van der Waals surface area contributed by atoms with Crippen LogP contribution in [-0.2, 0) is 14.0 Å². The van der Waals surface area contributed by atoms with E-state index in [1.807, 2.05) is 13.0 Å². The number of carbonyl (C=O) groups is 1. The van der Waals surface area contributed by atoms with Crippen LogP contribution in [0.2, 0.25) is 19.6 Å². The minimum atomic E-state index is -1.62. The summed E-state index contributed by atoms with van der Waals surface area (Å²) in [5, 5.41) is 0. The first kappa shape index (κ1) is 17.2. The number of hydrogen-bond donors (Lipinski definition) is 0. The van der Waals surface area contributed by atoms with Crippen molar-refractivity contribution >= 4 is 36.9 Å². The van der Waals surface area contributed by atoms with Gasteiger partial charge < -0.3 is 9.16 Å². The third-order valence-corrected chi connectivity index (χ3v) is 5.18. The van der Waals surface area contributed by atoms with Crippen LogP contribution in [0.25, 0.3) is 0 Å². The molecular formula is C14H25IO3Si. The van der Waals surface area contributed by atoms with Crippen molar-refractivity contribution in [3.63, 3.8) is 0 Å². The number of halogens is 1. The molecule has 1 aliphatic carbocycles. The third-order valence-electron chi connectivity index (χ3n) is 3.36. The zero-order valence-electron chi connectivity index (χ0n) is 13.0. The number of esters is 1. The molecule has 0 aromatic carbocycles. The van der Waals surface area contributed by atoms with Gasteiger partial charge >= 0.3 is 5.97 Å². The average Bonchev–Trinajstić information content (AvgIpc) is 2.20. The Kier molecular flexibility index (Phi) is 4.95. The lowest BCUT2D eigenvalue weighted by molar-refractivity contribution is -0.151. The molecule has 19 heavy (non-hydrogen) atoms. The molecule has 2 atom stereocenters. The highest BCUT2D eigenvalue weighted by atomic mass is 127. The van der Waals surface area contributed by atoms with Crippen LogP contribution in [0.4, 0.5) is 0 Å². The smallest absolute Gasteiger partial charge is 0.315 e. The van der Waals surface area contributed by atoms with Gasteiger partial charge in [0.05, 0.1) is 18.6 Å². The third kappa shape index (κ3) is 4.04. The van der Waals surface area contributed by atoms with E-state index in [2.05, 4.69) is 56.1 Å². The highest BCUT2D eigenvalue weighted by molar-refractivity contribution is 14.1. The van der Waals surface area contributed by atoms with Crippen molar-refractivity contribution in [2.75, 3.05) is 7.11 Å². The number of ether oxygens (including phenoxy) is 1. The first-order chi connectivity index (χ1) is 8.41. The summed E-state index contributed by atoms with van der Waals surface area (Å²) in [5.74, 6) is -0.166.